The van der Waals surface area contributed by atoms with Crippen LogP contribution in [0, 0.1) is 6.92 Å². The Morgan fingerprint density at radius 1 is 0.512 bits per heavy atom. The number of H-pyrrole nitrogens is 1. The van der Waals surface area contributed by atoms with Crippen LogP contribution in [0.5, 0.6) is 0 Å². The number of fused-ring (bicyclic) bond motifs is 12. The molecule has 0 radical (unpaired) electrons. The van der Waals surface area contributed by atoms with E-state index in [1.807, 2.05) is 0 Å². The number of pyridine rings is 1. The van der Waals surface area contributed by atoms with Gasteiger partial charge in [-0.2, -0.15) is 0 Å². The van der Waals surface area contributed by atoms with Crippen LogP contribution in [0.2, 0.25) is 0 Å². The molecule has 0 saturated heterocycles. The number of benzene rings is 6. The predicted molar refractivity (Wildman–Crippen MR) is 174 cm³/mol. The Kier molecular flexibility index (Phi) is 4.36. The fraction of sp³-hybridized carbons (Fsp3) is 0.103. The molecule has 0 saturated carbocycles. The SMILES string of the molecule is Cc1cccc2c1[nH]c1c(-c3cc4c(cn3)-c3cc5c6ccccc6c6ccccc6c5cc3C4(C)C)cccc12. The van der Waals surface area contributed by atoms with Crippen molar-refractivity contribution in [3.05, 3.63) is 126 Å². The van der Waals surface area contributed by atoms with Crippen molar-refractivity contribution in [2.75, 3.05) is 0 Å². The minimum Gasteiger partial charge on any atom is -0.354 e. The molecule has 2 heterocycles. The first-order valence-electron chi connectivity index (χ1n) is 14.4. The summed E-state index contributed by atoms with van der Waals surface area (Å²) in [5.74, 6) is 0. The van der Waals surface area contributed by atoms with Crippen LogP contribution >= 0.6 is 0 Å². The molecule has 0 unspecified atom stereocenters. The van der Waals surface area contributed by atoms with E-state index in [9.17, 15) is 0 Å². The van der Waals surface area contributed by atoms with E-state index in [0.717, 1.165) is 16.8 Å². The average molecular weight is 525 g/mol. The van der Waals surface area contributed by atoms with Crippen LogP contribution in [0.1, 0.15) is 30.5 Å². The minimum atomic E-state index is -0.145. The fourth-order valence-corrected chi connectivity index (χ4v) is 7.48. The number of aryl methyl sites for hydroxylation is 1. The Labute approximate surface area is 238 Å². The summed E-state index contributed by atoms with van der Waals surface area (Å²) in [6.07, 6.45) is 2.11. The number of rotatable bonds is 1. The lowest BCUT2D eigenvalue weighted by molar-refractivity contribution is 0.661. The first kappa shape index (κ1) is 22.8. The molecule has 41 heavy (non-hydrogen) atoms. The molecule has 6 aromatic carbocycles. The molecule has 9 rings (SSSR count). The maximum absolute atomic E-state index is 5.10. The molecule has 0 spiro atoms. The standard InChI is InChI=1S/C39H28N2/c1-22-10-8-15-27-28-16-9-17-29(38(28)41-37(22)27)36-20-35-33(21-40-36)32-18-30-25-13-6-4-11-23(25)24-12-5-7-14-26(24)31(30)19-34(32)39(35,2)3/h4-21,41H,1-3H3. The largest absolute Gasteiger partial charge is 0.354 e. The van der Waals surface area contributed by atoms with E-state index < -0.39 is 0 Å². The number of hydrogen-bond acceptors (Lipinski definition) is 1. The maximum Gasteiger partial charge on any atom is 0.0726 e. The van der Waals surface area contributed by atoms with Crippen molar-refractivity contribution < 1.29 is 0 Å². The summed E-state index contributed by atoms with van der Waals surface area (Å²) in [5, 5.41) is 10.4. The van der Waals surface area contributed by atoms with Crippen LogP contribution < -0.4 is 0 Å². The molecule has 2 aromatic heterocycles. The number of hydrogen-bond donors (Lipinski definition) is 1. The van der Waals surface area contributed by atoms with E-state index in [1.54, 1.807) is 0 Å². The van der Waals surface area contributed by atoms with Gasteiger partial charge in [-0.05, 0) is 79.7 Å². The maximum atomic E-state index is 5.10. The van der Waals surface area contributed by atoms with Gasteiger partial charge in [0.2, 0.25) is 0 Å². The van der Waals surface area contributed by atoms with Gasteiger partial charge in [-0.25, -0.2) is 0 Å². The zero-order valence-corrected chi connectivity index (χ0v) is 23.3. The Bertz CT molecular complexity index is 2400. The van der Waals surface area contributed by atoms with Gasteiger partial charge in [0.15, 0.2) is 0 Å². The molecule has 1 aliphatic carbocycles. The van der Waals surface area contributed by atoms with Crippen molar-refractivity contribution >= 4 is 54.1 Å². The molecular weight excluding hydrogens is 496 g/mol. The Hall–Kier alpha value is -4.95. The molecule has 0 bridgehead atoms. The topological polar surface area (TPSA) is 28.7 Å². The average Bonchev–Trinajstić information content (AvgIpc) is 3.50. The summed E-state index contributed by atoms with van der Waals surface area (Å²) >= 11 is 0. The highest BCUT2D eigenvalue weighted by Crippen LogP contribution is 2.52. The lowest BCUT2D eigenvalue weighted by atomic mass is 9.81. The molecule has 194 valence electrons. The number of nitrogens with zero attached hydrogens (tertiary/aromatic N) is 1. The lowest BCUT2D eigenvalue weighted by Crippen LogP contribution is -2.15. The summed E-state index contributed by atoms with van der Waals surface area (Å²) in [7, 11) is 0. The zero-order valence-electron chi connectivity index (χ0n) is 23.3. The summed E-state index contributed by atoms with van der Waals surface area (Å²) in [4.78, 5) is 8.83. The Balaban J connectivity index is 1.30. The van der Waals surface area contributed by atoms with Crippen molar-refractivity contribution in [2.24, 2.45) is 0 Å². The number of aromatic amines is 1. The van der Waals surface area contributed by atoms with Crippen molar-refractivity contribution in [3.63, 3.8) is 0 Å². The van der Waals surface area contributed by atoms with Gasteiger partial charge in [0.25, 0.3) is 0 Å². The van der Waals surface area contributed by atoms with Crippen LogP contribution in [0.4, 0.5) is 0 Å². The monoisotopic (exact) mass is 524 g/mol. The van der Waals surface area contributed by atoms with Gasteiger partial charge in [-0.1, -0.05) is 98.8 Å². The molecule has 0 aliphatic heterocycles. The first-order valence-corrected chi connectivity index (χ1v) is 14.4. The van der Waals surface area contributed by atoms with E-state index in [2.05, 4.69) is 135 Å². The number of nitrogens with one attached hydrogen (secondary N) is 1. The smallest absolute Gasteiger partial charge is 0.0726 e. The van der Waals surface area contributed by atoms with E-state index >= 15 is 0 Å². The van der Waals surface area contributed by atoms with Gasteiger partial charge in [0, 0.05) is 39.0 Å². The molecular formula is C39H28N2. The first-order chi connectivity index (χ1) is 20.0. The zero-order chi connectivity index (χ0) is 27.5. The third kappa shape index (κ3) is 2.94. The van der Waals surface area contributed by atoms with Crippen LogP contribution in [0.25, 0.3) is 76.5 Å². The summed E-state index contributed by atoms with van der Waals surface area (Å²) < 4.78 is 0. The summed E-state index contributed by atoms with van der Waals surface area (Å²) in [6.45, 7) is 6.90. The van der Waals surface area contributed by atoms with Crippen LogP contribution in [0.15, 0.2) is 109 Å². The number of para-hydroxylation sites is 2. The predicted octanol–water partition coefficient (Wildman–Crippen LogP) is 10.5. The van der Waals surface area contributed by atoms with Gasteiger partial charge in [-0.15, -0.1) is 0 Å². The molecule has 1 N–H and O–H groups in total. The molecule has 0 amide bonds. The van der Waals surface area contributed by atoms with E-state index in [1.165, 1.54) is 76.4 Å². The third-order valence-electron chi connectivity index (χ3n) is 9.58. The van der Waals surface area contributed by atoms with Crippen molar-refractivity contribution in [3.8, 4) is 22.4 Å². The Morgan fingerprint density at radius 2 is 1.07 bits per heavy atom. The summed E-state index contributed by atoms with van der Waals surface area (Å²) in [6, 6.07) is 38.0. The second kappa shape index (κ2) is 7.83. The lowest BCUT2D eigenvalue weighted by Gasteiger charge is -2.22. The molecule has 0 fully saturated rings. The second-order valence-corrected chi connectivity index (χ2v) is 12.1. The van der Waals surface area contributed by atoms with Gasteiger partial charge in [0.1, 0.15) is 0 Å². The molecule has 1 aliphatic rings. The highest BCUT2D eigenvalue weighted by molar-refractivity contribution is 6.26. The highest BCUT2D eigenvalue weighted by atomic mass is 14.7. The summed E-state index contributed by atoms with van der Waals surface area (Å²) in [5.41, 5.74) is 10.9. The van der Waals surface area contributed by atoms with E-state index in [4.69, 9.17) is 4.98 Å². The normalized spacial score (nSPS) is 13.9. The quantitative estimate of drug-likeness (QED) is 0.213. The van der Waals surface area contributed by atoms with Gasteiger partial charge >= 0.3 is 0 Å². The minimum absolute atomic E-state index is 0.145. The van der Waals surface area contributed by atoms with Gasteiger partial charge in [0.05, 0.1) is 11.2 Å². The van der Waals surface area contributed by atoms with Crippen LogP contribution in [-0.4, -0.2) is 9.97 Å². The second-order valence-electron chi connectivity index (χ2n) is 12.1. The highest BCUT2D eigenvalue weighted by Gasteiger charge is 2.37. The fourth-order valence-electron chi connectivity index (χ4n) is 7.48. The molecule has 2 heteroatoms. The number of aromatic nitrogens is 2. The van der Waals surface area contributed by atoms with Crippen LogP contribution in [-0.2, 0) is 5.41 Å². The van der Waals surface area contributed by atoms with Crippen molar-refractivity contribution in [1.82, 2.24) is 9.97 Å². The molecule has 0 atom stereocenters. The molecule has 8 aromatic rings. The van der Waals surface area contributed by atoms with Gasteiger partial charge < -0.3 is 4.98 Å². The van der Waals surface area contributed by atoms with Crippen molar-refractivity contribution in [2.45, 2.75) is 26.2 Å². The van der Waals surface area contributed by atoms with Gasteiger partial charge in [-0.3, -0.25) is 4.98 Å². The van der Waals surface area contributed by atoms with Crippen LogP contribution in [0.3, 0.4) is 0 Å². The van der Waals surface area contributed by atoms with E-state index in [-0.39, 0.29) is 5.41 Å². The van der Waals surface area contributed by atoms with E-state index in [0.29, 0.717) is 0 Å². The Morgan fingerprint density at radius 3 is 1.78 bits per heavy atom. The van der Waals surface area contributed by atoms with Crippen molar-refractivity contribution in [1.29, 1.82) is 0 Å². The third-order valence-corrected chi connectivity index (χ3v) is 9.58. The molecule has 2 nitrogen and oxygen atoms in total.